The Morgan fingerprint density at radius 1 is 1.19 bits per heavy atom. The van der Waals surface area contributed by atoms with E-state index < -0.39 is 11.5 Å². The predicted octanol–water partition coefficient (Wildman–Crippen LogP) is 3.20. The van der Waals surface area contributed by atoms with E-state index in [1.165, 1.54) is 17.4 Å². The summed E-state index contributed by atoms with van der Waals surface area (Å²) in [4.78, 5) is 29.7. The molecule has 0 unspecified atom stereocenters. The molecule has 0 N–H and O–H groups in total. The highest BCUT2D eigenvalue weighted by molar-refractivity contribution is 7.16. The van der Waals surface area contributed by atoms with E-state index in [0.717, 1.165) is 10.2 Å². The van der Waals surface area contributed by atoms with Crippen LogP contribution in [-0.2, 0) is 11.3 Å². The summed E-state index contributed by atoms with van der Waals surface area (Å²) in [6.07, 6.45) is 0. The molecule has 0 spiro atoms. The van der Waals surface area contributed by atoms with Gasteiger partial charge in [-0.15, -0.1) is 0 Å². The number of rotatable bonds is 4. The van der Waals surface area contributed by atoms with Crippen LogP contribution in [0.1, 0.15) is 10.4 Å². The van der Waals surface area contributed by atoms with Crippen molar-refractivity contribution in [2.75, 3.05) is 13.7 Å². The largest absolute Gasteiger partial charge is 0.422 e. The van der Waals surface area contributed by atoms with E-state index in [9.17, 15) is 9.59 Å². The third kappa shape index (κ3) is 3.34. The van der Waals surface area contributed by atoms with Crippen LogP contribution >= 0.6 is 11.3 Å². The molecular weight excluding hydrogens is 364 g/mol. The van der Waals surface area contributed by atoms with Crippen LogP contribution in [-0.4, -0.2) is 24.2 Å². The van der Waals surface area contributed by atoms with E-state index >= 15 is 0 Å². The SMILES string of the molecule is COCCn1c(=NC(=O)c2cc3ccccc3oc2=O)sc2ccccc21. The van der Waals surface area contributed by atoms with Crippen LogP contribution in [0, 0.1) is 0 Å². The molecule has 0 aliphatic carbocycles. The van der Waals surface area contributed by atoms with E-state index in [4.69, 9.17) is 9.15 Å². The van der Waals surface area contributed by atoms with Gasteiger partial charge in [0.15, 0.2) is 4.80 Å². The third-order valence-corrected chi connectivity index (χ3v) is 5.24. The predicted molar refractivity (Wildman–Crippen MR) is 104 cm³/mol. The maximum absolute atomic E-state index is 12.7. The van der Waals surface area contributed by atoms with Crippen LogP contribution in [0.5, 0.6) is 0 Å². The summed E-state index contributed by atoms with van der Waals surface area (Å²) in [6.45, 7) is 1.04. The number of thiazole rings is 1. The second-order valence-electron chi connectivity index (χ2n) is 5.90. The van der Waals surface area contributed by atoms with Crippen LogP contribution in [0.2, 0.25) is 0 Å². The smallest absolute Gasteiger partial charge is 0.349 e. The molecule has 2 aromatic heterocycles. The lowest BCUT2D eigenvalue weighted by Gasteiger charge is -2.04. The van der Waals surface area contributed by atoms with Gasteiger partial charge in [-0.2, -0.15) is 4.99 Å². The molecule has 27 heavy (non-hydrogen) atoms. The number of aromatic nitrogens is 1. The minimum Gasteiger partial charge on any atom is -0.422 e. The average molecular weight is 380 g/mol. The van der Waals surface area contributed by atoms with Gasteiger partial charge in [0.2, 0.25) is 0 Å². The van der Waals surface area contributed by atoms with Gasteiger partial charge in [-0.05, 0) is 24.3 Å². The number of nitrogens with zero attached hydrogens (tertiary/aromatic N) is 2. The number of amides is 1. The summed E-state index contributed by atoms with van der Waals surface area (Å²) >= 11 is 1.39. The number of ether oxygens (including phenoxy) is 1. The Hall–Kier alpha value is -3.03. The third-order valence-electron chi connectivity index (χ3n) is 4.18. The van der Waals surface area contributed by atoms with Crippen molar-refractivity contribution in [3.05, 3.63) is 75.4 Å². The number of fused-ring (bicyclic) bond motifs is 2. The van der Waals surface area contributed by atoms with Gasteiger partial charge < -0.3 is 13.7 Å². The molecule has 0 atom stereocenters. The number of hydrogen-bond donors (Lipinski definition) is 0. The first kappa shape index (κ1) is 17.4. The normalized spacial score (nSPS) is 12.1. The van der Waals surface area contributed by atoms with Gasteiger partial charge in [-0.1, -0.05) is 41.7 Å². The van der Waals surface area contributed by atoms with E-state index in [2.05, 4.69) is 4.99 Å². The molecule has 4 rings (SSSR count). The number of hydrogen-bond acceptors (Lipinski definition) is 5. The van der Waals surface area contributed by atoms with E-state index in [1.54, 1.807) is 25.3 Å². The average Bonchev–Trinajstić information content (AvgIpc) is 3.02. The van der Waals surface area contributed by atoms with Crippen LogP contribution in [0.25, 0.3) is 21.2 Å². The van der Waals surface area contributed by atoms with Crippen molar-refractivity contribution in [1.29, 1.82) is 0 Å². The molecule has 0 fully saturated rings. The lowest BCUT2D eigenvalue weighted by Crippen LogP contribution is -2.21. The van der Waals surface area contributed by atoms with Crippen molar-refractivity contribution in [1.82, 2.24) is 4.57 Å². The number of carbonyl (C=O) groups excluding carboxylic acids is 1. The first-order chi connectivity index (χ1) is 13.2. The van der Waals surface area contributed by atoms with Crippen LogP contribution in [0.3, 0.4) is 0 Å². The molecule has 1 amide bonds. The number of para-hydroxylation sites is 2. The summed E-state index contributed by atoms with van der Waals surface area (Å²) in [6, 6.07) is 16.4. The molecule has 0 saturated heterocycles. The maximum atomic E-state index is 12.7. The molecule has 2 aromatic carbocycles. The highest BCUT2D eigenvalue weighted by Gasteiger charge is 2.14. The summed E-state index contributed by atoms with van der Waals surface area (Å²) < 4.78 is 13.3. The van der Waals surface area contributed by atoms with Crippen molar-refractivity contribution in [2.24, 2.45) is 4.99 Å². The summed E-state index contributed by atoms with van der Waals surface area (Å²) in [5.74, 6) is -0.618. The Morgan fingerprint density at radius 2 is 1.96 bits per heavy atom. The molecule has 7 heteroatoms. The van der Waals surface area contributed by atoms with Gasteiger partial charge in [0.05, 0.1) is 16.8 Å². The Morgan fingerprint density at radius 3 is 2.81 bits per heavy atom. The van der Waals surface area contributed by atoms with Gasteiger partial charge in [0.1, 0.15) is 11.1 Å². The number of carbonyl (C=O) groups is 1. The summed E-state index contributed by atoms with van der Waals surface area (Å²) in [5, 5.41) is 0.680. The molecule has 6 nitrogen and oxygen atoms in total. The first-order valence-corrected chi connectivity index (χ1v) is 9.18. The Bertz CT molecular complexity index is 1270. The Labute approximate surface area is 158 Å². The molecule has 2 heterocycles. The van der Waals surface area contributed by atoms with Gasteiger partial charge in [-0.3, -0.25) is 4.79 Å². The number of benzene rings is 2. The van der Waals surface area contributed by atoms with Gasteiger partial charge in [-0.25, -0.2) is 4.79 Å². The fourth-order valence-electron chi connectivity index (χ4n) is 2.86. The molecular formula is C20H16N2O4S. The van der Waals surface area contributed by atoms with Crippen LogP contribution in [0.4, 0.5) is 0 Å². The minimum absolute atomic E-state index is 0.0792. The lowest BCUT2D eigenvalue weighted by atomic mass is 10.2. The fourth-order valence-corrected chi connectivity index (χ4v) is 3.92. The lowest BCUT2D eigenvalue weighted by molar-refractivity contribution is 0.0994. The molecule has 4 aromatic rings. The molecule has 0 bridgehead atoms. The standard InChI is InChI=1S/C20H16N2O4S/c1-25-11-10-22-15-7-3-5-9-17(15)27-20(22)21-18(23)14-12-13-6-2-4-8-16(13)26-19(14)24/h2-9,12H,10-11H2,1H3. The monoisotopic (exact) mass is 380 g/mol. The molecule has 136 valence electrons. The maximum Gasteiger partial charge on any atom is 0.349 e. The zero-order chi connectivity index (χ0) is 18.8. The fraction of sp³-hybridized carbons (Fsp3) is 0.150. The molecule has 0 aliphatic heterocycles. The van der Waals surface area contributed by atoms with Gasteiger partial charge >= 0.3 is 5.63 Å². The second kappa shape index (κ2) is 7.30. The van der Waals surface area contributed by atoms with Crippen molar-refractivity contribution < 1.29 is 13.9 Å². The molecule has 0 saturated carbocycles. The van der Waals surface area contributed by atoms with Crippen molar-refractivity contribution >= 4 is 38.4 Å². The summed E-state index contributed by atoms with van der Waals surface area (Å²) in [5.41, 5.74) is 0.643. The summed E-state index contributed by atoms with van der Waals surface area (Å²) in [7, 11) is 1.62. The van der Waals surface area contributed by atoms with Crippen LogP contribution < -0.4 is 10.4 Å². The quantitative estimate of drug-likeness (QED) is 0.510. The van der Waals surface area contributed by atoms with E-state index in [0.29, 0.717) is 28.9 Å². The van der Waals surface area contributed by atoms with Crippen molar-refractivity contribution in [2.45, 2.75) is 6.54 Å². The van der Waals surface area contributed by atoms with Crippen LogP contribution in [0.15, 0.2) is 68.8 Å². The van der Waals surface area contributed by atoms with E-state index in [1.807, 2.05) is 34.9 Å². The van der Waals surface area contributed by atoms with Crippen molar-refractivity contribution in [3.8, 4) is 0 Å². The molecule has 0 radical (unpaired) electrons. The molecule has 0 aliphatic rings. The highest BCUT2D eigenvalue weighted by Crippen LogP contribution is 2.17. The highest BCUT2D eigenvalue weighted by atomic mass is 32.1. The number of methoxy groups -OCH3 is 1. The minimum atomic E-state index is -0.688. The zero-order valence-corrected chi connectivity index (χ0v) is 15.4. The van der Waals surface area contributed by atoms with E-state index in [-0.39, 0.29) is 5.56 Å². The Balaban J connectivity index is 1.85. The zero-order valence-electron chi connectivity index (χ0n) is 14.5. The second-order valence-corrected chi connectivity index (χ2v) is 6.91. The Kier molecular flexibility index (Phi) is 4.70. The van der Waals surface area contributed by atoms with Gasteiger partial charge in [0.25, 0.3) is 5.91 Å². The topological polar surface area (TPSA) is 73.8 Å². The van der Waals surface area contributed by atoms with Crippen molar-refractivity contribution in [3.63, 3.8) is 0 Å². The van der Waals surface area contributed by atoms with Gasteiger partial charge in [0, 0.05) is 19.0 Å². The first-order valence-electron chi connectivity index (χ1n) is 8.36.